The Morgan fingerprint density at radius 1 is 1.73 bits per heavy atom. The van der Waals surface area contributed by atoms with Crippen LogP contribution in [0, 0.1) is 0 Å². The van der Waals surface area contributed by atoms with Gasteiger partial charge in [-0.15, -0.1) is 0 Å². The van der Waals surface area contributed by atoms with Gasteiger partial charge < -0.3 is 9.47 Å². The Kier molecular flexibility index (Phi) is 2.29. The van der Waals surface area contributed by atoms with Crippen molar-refractivity contribution >= 4 is 5.90 Å². The minimum Gasteiger partial charge on any atom is -0.446 e. The predicted molar refractivity (Wildman–Crippen MR) is 43.6 cm³/mol. The molecule has 3 nitrogen and oxygen atoms in total. The molecule has 3 heteroatoms. The first-order chi connectivity index (χ1) is 5.15. The van der Waals surface area contributed by atoms with Crippen molar-refractivity contribution in [2.75, 3.05) is 7.11 Å². The van der Waals surface area contributed by atoms with E-state index in [1.54, 1.807) is 7.11 Å². The zero-order valence-corrected chi connectivity index (χ0v) is 7.13. The van der Waals surface area contributed by atoms with Crippen molar-refractivity contribution in [3.8, 4) is 0 Å². The summed E-state index contributed by atoms with van der Waals surface area (Å²) in [4.78, 5) is 4.21. The first-order valence-electron chi connectivity index (χ1n) is 3.58. The summed E-state index contributed by atoms with van der Waals surface area (Å²) in [6.45, 7) is 7.54. The number of aliphatic imine (C=N–C) groups is 1. The highest BCUT2D eigenvalue weighted by molar-refractivity contribution is 5.93. The predicted octanol–water partition coefficient (Wildman–Crippen LogP) is 1.35. The van der Waals surface area contributed by atoms with Gasteiger partial charge in [-0.2, -0.15) is 0 Å². The van der Waals surface area contributed by atoms with Gasteiger partial charge >= 0.3 is 0 Å². The molecule has 0 fully saturated rings. The van der Waals surface area contributed by atoms with Gasteiger partial charge in [0.2, 0.25) is 12.2 Å². The molecule has 0 aliphatic carbocycles. The van der Waals surface area contributed by atoms with E-state index in [1.165, 1.54) is 0 Å². The second kappa shape index (κ2) is 3.05. The molecule has 0 bridgehead atoms. The molecule has 1 rings (SSSR count). The molecule has 0 aromatic carbocycles. The first-order valence-corrected chi connectivity index (χ1v) is 3.58. The van der Waals surface area contributed by atoms with Crippen LogP contribution < -0.4 is 0 Å². The van der Waals surface area contributed by atoms with Crippen molar-refractivity contribution < 1.29 is 9.47 Å². The van der Waals surface area contributed by atoms with Crippen molar-refractivity contribution in [2.24, 2.45) is 4.99 Å². The van der Waals surface area contributed by atoms with Gasteiger partial charge in [0.15, 0.2) is 0 Å². The molecule has 2 atom stereocenters. The highest BCUT2D eigenvalue weighted by Crippen LogP contribution is 2.16. The van der Waals surface area contributed by atoms with E-state index < -0.39 is 0 Å². The second-order valence-electron chi connectivity index (χ2n) is 2.68. The Balaban J connectivity index is 2.63. The summed E-state index contributed by atoms with van der Waals surface area (Å²) < 4.78 is 10.3. The highest BCUT2D eigenvalue weighted by Gasteiger charge is 2.26. The van der Waals surface area contributed by atoms with Gasteiger partial charge in [0.05, 0.1) is 0 Å². The van der Waals surface area contributed by atoms with E-state index in [-0.39, 0.29) is 12.3 Å². The fourth-order valence-electron chi connectivity index (χ4n) is 0.941. The Hall–Kier alpha value is -0.830. The van der Waals surface area contributed by atoms with Crippen molar-refractivity contribution in [1.29, 1.82) is 0 Å². The molecule has 11 heavy (non-hydrogen) atoms. The Morgan fingerprint density at radius 2 is 2.36 bits per heavy atom. The molecule has 0 amide bonds. The molecule has 0 aromatic rings. The van der Waals surface area contributed by atoms with Gasteiger partial charge in [-0.25, -0.2) is 4.99 Å². The SMILES string of the molecule is C=C(C)C1=NC(C)C(OC)O1. The lowest BCUT2D eigenvalue weighted by Crippen LogP contribution is -2.21. The zero-order valence-electron chi connectivity index (χ0n) is 7.13. The van der Waals surface area contributed by atoms with Gasteiger partial charge in [-0.1, -0.05) is 6.58 Å². The Labute approximate surface area is 66.7 Å². The molecule has 1 aliphatic rings. The second-order valence-corrected chi connectivity index (χ2v) is 2.68. The minimum absolute atomic E-state index is 0.0756. The van der Waals surface area contributed by atoms with E-state index in [0.717, 1.165) is 5.57 Å². The van der Waals surface area contributed by atoms with Gasteiger partial charge in [0.25, 0.3) is 0 Å². The molecule has 0 radical (unpaired) electrons. The molecule has 2 unspecified atom stereocenters. The van der Waals surface area contributed by atoms with E-state index in [4.69, 9.17) is 9.47 Å². The number of hydrogen-bond acceptors (Lipinski definition) is 3. The maximum Gasteiger partial charge on any atom is 0.223 e. The molecule has 62 valence electrons. The molecular weight excluding hydrogens is 142 g/mol. The van der Waals surface area contributed by atoms with Crippen LogP contribution in [0.1, 0.15) is 13.8 Å². The third-order valence-electron chi connectivity index (χ3n) is 1.54. The summed E-state index contributed by atoms with van der Waals surface area (Å²) in [7, 11) is 1.61. The van der Waals surface area contributed by atoms with Crippen LogP contribution in [0.15, 0.2) is 17.1 Å². The number of rotatable bonds is 2. The van der Waals surface area contributed by atoms with Crippen molar-refractivity contribution in [2.45, 2.75) is 26.2 Å². The van der Waals surface area contributed by atoms with Gasteiger partial charge in [-0.3, -0.25) is 0 Å². The molecule has 0 spiro atoms. The number of hydrogen-bond donors (Lipinski definition) is 0. The zero-order chi connectivity index (χ0) is 8.43. The van der Waals surface area contributed by atoms with E-state index in [2.05, 4.69) is 11.6 Å². The fourth-order valence-corrected chi connectivity index (χ4v) is 0.941. The van der Waals surface area contributed by atoms with Gasteiger partial charge in [0.1, 0.15) is 6.04 Å². The maximum absolute atomic E-state index is 5.31. The summed E-state index contributed by atoms with van der Waals surface area (Å²) in [6, 6.07) is 0.0756. The molecule has 1 aliphatic heterocycles. The normalized spacial score (nSPS) is 29.5. The lowest BCUT2D eigenvalue weighted by atomic mass is 10.3. The smallest absolute Gasteiger partial charge is 0.223 e. The van der Waals surface area contributed by atoms with Crippen LogP contribution in [0.3, 0.4) is 0 Å². The lowest BCUT2D eigenvalue weighted by molar-refractivity contribution is -0.0583. The third-order valence-corrected chi connectivity index (χ3v) is 1.54. The van der Waals surface area contributed by atoms with Crippen LogP contribution in [-0.4, -0.2) is 25.3 Å². The average molecular weight is 155 g/mol. The minimum atomic E-state index is -0.235. The summed E-state index contributed by atoms with van der Waals surface area (Å²) in [5.74, 6) is 0.615. The monoisotopic (exact) mass is 155 g/mol. The molecule has 0 N–H and O–H groups in total. The molecule has 1 heterocycles. The number of nitrogens with zero attached hydrogens (tertiary/aromatic N) is 1. The Bertz CT molecular complexity index is 198. The largest absolute Gasteiger partial charge is 0.446 e. The van der Waals surface area contributed by atoms with Crippen LogP contribution in [0.2, 0.25) is 0 Å². The van der Waals surface area contributed by atoms with E-state index in [0.29, 0.717) is 5.90 Å². The van der Waals surface area contributed by atoms with Crippen LogP contribution in [0.25, 0.3) is 0 Å². The molecular formula is C8H13NO2. The summed E-state index contributed by atoms with van der Waals surface area (Å²) in [5, 5.41) is 0. The average Bonchev–Trinajstić information content (AvgIpc) is 2.31. The standard InChI is InChI=1S/C8H13NO2/c1-5(2)7-9-6(3)8(10-4)11-7/h6,8H,1H2,2-4H3. The number of ether oxygens (including phenoxy) is 2. The summed E-state index contributed by atoms with van der Waals surface area (Å²) in [5.41, 5.74) is 0.844. The van der Waals surface area contributed by atoms with E-state index >= 15 is 0 Å². The molecule has 0 saturated carbocycles. The number of methoxy groups -OCH3 is 1. The fraction of sp³-hybridized carbons (Fsp3) is 0.625. The van der Waals surface area contributed by atoms with Crippen LogP contribution >= 0.6 is 0 Å². The third kappa shape index (κ3) is 1.60. The summed E-state index contributed by atoms with van der Waals surface area (Å²) in [6.07, 6.45) is -0.235. The first kappa shape index (κ1) is 8.27. The van der Waals surface area contributed by atoms with Gasteiger partial charge in [-0.05, 0) is 13.8 Å². The van der Waals surface area contributed by atoms with Gasteiger partial charge in [0, 0.05) is 12.7 Å². The van der Waals surface area contributed by atoms with E-state index in [1.807, 2.05) is 13.8 Å². The van der Waals surface area contributed by atoms with Crippen molar-refractivity contribution in [3.63, 3.8) is 0 Å². The topological polar surface area (TPSA) is 30.8 Å². The maximum atomic E-state index is 5.31. The quantitative estimate of drug-likeness (QED) is 0.602. The Morgan fingerprint density at radius 3 is 2.64 bits per heavy atom. The van der Waals surface area contributed by atoms with Crippen LogP contribution in [0.5, 0.6) is 0 Å². The summed E-state index contributed by atoms with van der Waals surface area (Å²) >= 11 is 0. The van der Waals surface area contributed by atoms with Crippen molar-refractivity contribution in [1.82, 2.24) is 0 Å². The highest BCUT2D eigenvalue weighted by atomic mass is 16.7. The molecule has 0 aromatic heterocycles. The lowest BCUT2D eigenvalue weighted by Gasteiger charge is -2.11. The van der Waals surface area contributed by atoms with Crippen LogP contribution in [-0.2, 0) is 9.47 Å². The molecule has 0 saturated heterocycles. The van der Waals surface area contributed by atoms with Crippen LogP contribution in [0.4, 0.5) is 0 Å². The van der Waals surface area contributed by atoms with Crippen molar-refractivity contribution in [3.05, 3.63) is 12.2 Å². The van der Waals surface area contributed by atoms with E-state index in [9.17, 15) is 0 Å².